The van der Waals surface area contributed by atoms with Gasteiger partial charge in [-0.2, -0.15) is 23.7 Å². The Labute approximate surface area is 114 Å². The molecule has 1 aromatic rings. The van der Waals surface area contributed by atoms with Crippen LogP contribution < -0.4 is 4.74 Å². The first kappa shape index (κ1) is 15.4. The Kier molecular flexibility index (Phi) is 9.89. The van der Waals surface area contributed by atoms with E-state index < -0.39 is 0 Å². The fraction of sp³-hybridized carbons (Fsp3) is 0.455. The molecule has 0 radical (unpaired) electrons. The predicted octanol–water partition coefficient (Wildman–Crippen LogP) is 4.41. The summed E-state index contributed by atoms with van der Waals surface area (Å²) in [6.07, 6.45) is 1.07. The predicted molar refractivity (Wildman–Crippen MR) is 64.2 cm³/mol. The second-order valence-electron chi connectivity index (χ2n) is 3.40. The fourth-order valence-corrected chi connectivity index (χ4v) is 1.00. The van der Waals surface area contributed by atoms with Gasteiger partial charge in [-0.05, 0) is 12.3 Å². The van der Waals surface area contributed by atoms with Gasteiger partial charge in [0.05, 0.1) is 6.61 Å². The number of rotatable bonds is 4. The van der Waals surface area contributed by atoms with E-state index in [-0.39, 0.29) is 0 Å². The second kappa shape index (κ2) is 9.63. The number of halogens is 2. The molecule has 0 aromatic heterocycles. The van der Waals surface area contributed by atoms with E-state index in [0.29, 0.717) is 10.9 Å². The van der Waals surface area contributed by atoms with Crippen LogP contribution in [0.5, 0.6) is 5.75 Å². The third kappa shape index (κ3) is 8.24. The van der Waals surface area contributed by atoms with Crippen molar-refractivity contribution in [2.24, 2.45) is 5.92 Å². The van der Waals surface area contributed by atoms with E-state index in [2.05, 4.69) is 33.5 Å². The molecule has 0 fully saturated rings. The van der Waals surface area contributed by atoms with E-state index in [0.717, 1.165) is 18.8 Å². The third-order valence-corrected chi connectivity index (χ3v) is 1.93. The van der Waals surface area contributed by atoms with Crippen molar-refractivity contribution >= 4 is 25.2 Å². The molecule has 0 bridgehead atoms. The van der Waals surface area contributed by atoms with Gasteiger partial charge in [-0.15, -0.1) is 12.1 Å². The van der Waals surface area contributed by atoms with Gasteiger partial charge >= 0.3 is 30.0 Å². The average Bonchev–Trinajstić information content (AvgIpc) is 2.23. The summed E-state index contributed by atoms with van der Waals surface area (Å²) >= 11 is 9.96. The number of ether oxygens (including phenoxy) is 1. The number of hydrogen-bond acceptors (Lipinski definition) is 1. The number of hydrogen-bond donors (Lipinski definition) is 0. The zero-order valence-corrected chi connectivity index (χ0v) is 14.4. The standard InChI is InChI=1S/C11H14ClO.BrH.Zn/c1-9(2)7-8-13-11-5-3-10(12)4-6-11;;/h3-5,9H,7-8H2,1-2H3;1H;/q-1;;+2/p-1. The molecule has 1 nitrogen and oxygen atoms in total. The van der Waals surface area contributed by atoms with E-state index in [4.69, 9.17) is 16.3 Å². The number of benzene rings is 1. The molecule has 0 spiro atoms. The van der Waals surface area contributed by atoms with Gasteiger partial charge in [0.2, 0.25) is 0 Å². The molecule has 0 saturated carbocycles. The normalized spacial score (nSPS) is 9.53. The molecular weight excluding hydrogens is 329 g/mol. The van der Waals surface area contributed by atoms with Crippen molar-refractivity contribution in [3.8, 4) is 5.75 Å². The van der Waals surface area contributed by atoms with E-state index in [1.54, 1.807) is 6.07 Å². The SMILES string of the molecule is CC(C)CCOc1[c-]cc(Cl)cc1.[Zn+][Br]. The van der Waals surface area contributed by atoms with Crippen LogP contribution in [0.25, 0.3) is 0 Å². The van der Waals surface area contributed by atoms with Gasteiger partial charge in [-0.1, -0.05) is 18.9 Å². The van der Waals surface area contributed by atoms with Crippen molar-refractivity contribution in [1.29, 1.82) is 0 Å². The van der Waals surface area contributed by atoms with Gasteiger partial charge < -0.3 is 4.74 Å². The molecule has 15 heavy (non-hydrogen) atoms. The summed E-state index contributed by atoms with van der Waals surface area (Å²) in [4.78, 5) is 0. The quantitative estimate of drug-likeness (QED) is 0.581. The fourth-order valence-electron chi connectivity index (χ4n) is 0.886. The summed E-state index contributed by atoms with van der Waals surface area (Å²) in [5.74, 6) is 1.44. The van der Waals surface area contributed by atoms with Crippen LogP contribution in [0.2, 0.25) is 5.02 Å². The summed E-state index contributed by atoms with van der Waals surface area (Å²) in [6, 6.07) is 8.32. The Morgan fingerprint density at radius 1 is 1.47 bits per heavy atom. The van der Waals surface area contributed by atoms with E-state index >= 15 is 0 Å². The minimum absolute atomic E-state index is 0.673. The van der Waals surface area contributed by atoms with Crippen molar-refractivity contribution < 1.29 is 21.1 Å². The van der Waals surface area contributed by atoms with E-state index in [9.17, 15) is 0 Å². The molecule has 0 aliphatic rings. The van der Waals surface area contributed by atoms with Crippen LogP contribution in [0.1, 0.15) is 20.3 Å². The molecule has 1 aromatic carbocycles. The zero-order chi connectivity index (χ0) is 11.7. The van der Waals surface area contributed by atoms with E-state index in [1.165, 1.54) is 16.3 Å². The van der Waals surface area contributed by atoms with Gasteiger partial charge in [0.1, 0.15) is 0 Å². The van der Waals surface area contributed by atoms with Gasteiger partial charge in [-0.3, -0.25) is 0 Å². The Morgan fingerprint density at radius 2 is 2.13 bits per heavy atom. The Bertz CT molecular complexity index is 251. The molecule has 0 amide bonds. The van der Waals surface area contributed by atoms with Crippen molar-refractivity contribution in [1.82, 2.24) is 0 Å². The van der Waals surface area contributed by atoms with Gasteiger partial charge in [0.15, 0.2) is 0 Å². The maximum atomic E-state index is 5.71. The molecule has 0 aliphatic heterocycles. The monoisotopic (exact) mass is 340 g/mol. The molecule has 0 heterocycles. The summed E-state index contributed by atoms with van der Waals surface area (Å²) < 4.78 is 5.46. The summed E-state index contributed by atoms with van der Waals surface area (Å²) in [5.41, 5.74) is 0. The molecule has 0 atom stereocenters. The third-order valence-electron chi connectivity index (χ3n) is 1.70. The molecule has 0 aliphatic carbocycles. The van der Waals surface area contributed by atoms with Crippen molar-refractivity contribution in [2.75, 3.05) is 6.61 Å². The van der Waals surface area contributed by atoms with Crippen LogP contribution in [0.15, 0.2) is 18.2 Å². The molecule has 0 unspecified atom stereocenters. The van der Waals surface area contributed by atoms with Crippen molar-refractivity contribution in [3.63, 3.8) is 0 Å². The van der Waals surface area contributed by atoms with Gasteiger partial charge in [-0.25, -0.2) is 0 Å². The van der Waals surface area contributed by atoms with Crippen LogP contribution in [-0.2, 0) is 16.3 Å². The first-order valence-electron chi connectivity index (χ1n) is 4.75. The Hall–Kier alpha value is 0.413. The van der Waals surface area contributed by atoms with Gasteiger partial charge in [0.25, 0.3) is 0 Å². The maximum absolute atomic E-state index is 5.71. The van der Waals surface area contributed by atoms with Crippen LogP contribution in [-0.4, -0.2) is 6.61 Å². The first-order valence-corrected chi connectivity index (χ1v) is 12.1. The Morgan fingerprint density at radius 3 is 2.60 bits per heavy atom. The zero-order valence-electron chi connectivity index (χ0n) is 9.09. The van der Waals surface area contributed by atoms with Crippen LogP contribution >= 0.6 is 25.2 Å². The minimum atomic E-state index is 0.673. The van der Waals surface area contributed by atoms with E-state index in [1.807, 2.05) is 12.1 Å². The van der Waals surface area contributed by atoms with Crippen LogP contribution in [0.3, 0.4) is 0 Å². The van der Waals surface area contributed by atoms with Crippen LogP contribution in [0.4, 0.5) is 0 Å². The average molecular weight is 343 g/mol. The second-order valence-corrected chi connectivity index (χ2v) is 3.84. The van der Waals surface area contributed by atoms with Gasteiger partial charge in [0, 0.05) is 5.75 Å². The topological polar surface area (TPSA) is 9.23 Å². The molecular formula is C11H14BrClOZn. The summed E-state index contributed by atoms with van der Waals surface area (Å²) in [6.45, 7) is 5.10. The summed E-state index contributed by atoms with van der Waals surface area (Å²) in [7, 11) is 0. The van der Waals surface area contributed by atoms with Crippen LogP contribution in [0, 0.1) is 12.0 Å². The molecule has 0 N–H and O–H groups in total. The van der Waals surface area contributed by atoms with Crippen molar-refractivity contribution in [3.05, 3.63) is 29.3 Å². The first-order chi connectivity index (χ1) is 7.18. The Balaban J connectivity index is 0.000000921. The molecule has 80 valence electrons. The van der Waals surface area contributed by atoms with Crippen molar-refractivity contribution in [2.45, 2.75) is 20.3 Å². The molecule has 0 saturated heterocycles. The summed E-state index contributed by atoms with van der Waals surface area (Å²) in [5, 5.41) is 0.691. The molecule has 4 heteroatoms. The molecule has 1 rings (SSSR count).